The van der Waals surface area contributed by atoms with E-state index in [1.54, 1.807) is 0 Å². The third kappa shape index (κ3) is 5.00. The molecule has 9 heteroatoms. The van der Waals surface area contributed by atoms with Gasteiger partial charge in [-0.15, -0.1) is 0 Å². The number of nitro benzene ring substituents is 1. The minimum absolute atomic E-state index is 0.0193. The van der Waals surface area contributed by atoms with E-state index in [-0.39, 0.29) is 28.3 Å². The minimum atomic E-state index is -4.26. The van der Waals surface area contributed by atoms with Gasteiger partial charge in [0.25, 0.3) is 11.6 Å². The second-order valence-corrected chi connectivity index (χ2v) is 7.97. The van der Waals surface area contributed by atoms with E-state index in [4.69, 9.17) is 4.18 Å². The highest BCUT2D eigenvalue weighted by atomic mass is 32.2. The summed E-state index contributed by atoms with van der Waals surface area (Å²) in [7, 11) is -4.26. The third-order valence-corrected chi connectivity index (χ3v) is 5.53. The number of benzene rings is 3. The topological polar surface area (TPSA) is 116 Å². The van der Waals surface area contributed by atoms with Crippen molar-refractivity contribution in [2.24, 2.45) is 0 Å². The fourth-order valence-corrected chi connectivity index (χ4v) is 3.67. The summed E-state index contributed by atoms with van der Waals surface area (Å²) >= 11 is 0. The molecule has 0 fully saturated rings. The maximum atomic E-state index is 12.4. The van der Waals surface area contributed by atoms with E-state index in [0.717, 1.165) is 11.6 Å². The van der Waals surface area contributed by atoms with Gasteiger partial charge >= 0.3 is 10.1 Å². The zero-order valence-electron chi connectivity index (χ0n) is 15.9. The molecular formula is C21H18N2O6S. The lowest BCUT2D eigenvalue weighted by molar-refractivity contribution is -0.385. The van der Waals surface area contributed by atoms with Crippen molar-refractivity contribution < 1.29 is 22.3 Å². The molecule has 0 heterocycles. The Morgan fingerprint density at radius 2 is 1.67 bits per heavy atom. The first kappa shape index (κ1) is 21.0. The normalized spacial score (nSPS) is 12.0. The molecule has 154 valence electrons. The van der Waals surface area contributed by atoms with Crippen molar-refractivity contribution in [2.45, 2.75) is 17.9 Å². The molecule has 0 aliphatic rings. The van der Waals surface area contributed by atoms with Crippen LogP contribution in [0.3, 0.4) is 0 Å². The number of hydrogen-bond acceptors (Lipinski definition) is 6. The summed E-state index contributed by atoms with van der Waals surface area (Å²) in [4.78, 5) is 22.2. The monoisotopic (exact) mass is 426 g/mol. The van der Waals surface area contributed by atoms with Crippen LogP contribution < -0.4 is 9.50 Å². The SMILES string of the molecule is CC(NC(=O)c1ccc(OS(=O)(=O)c2cccc([N+](=O)[O-])c2)cc1)c1ccccc1. The minimum Gasteiger partial charge on any atom is -0.379 e. The van der Waals surface area contributed by atoms with Gasteiger partial charge in [0.1, 0.15) is 10.6 Å². The summed E-state index contributed by atoms with van der Waals surface area (Å²) in [5.74, 6) is -0.339. The van der Waals surface area contributed by atoms with Gasteiger partial charge in [0.05, 0.1) is 11.0 Å². The molecule has 0 saturated carbocycles. The summed E-state index contributed by atoms with van der Waals surface area (Å²) in [6, 6.07) is 19.4. The Morgan fingerprint density at radius 3 is 2.30 bits per heavy atom. The van der Waals surface area contributed by atoms with Crippen molar-refractivity contribution in [3.05, 3.63) is 100 Å². The highest BCUT2D eigenvalue weighted by Crippen LogP contribution is 2.22. The third-order valence-electron chi connectivity index (χ3n) is 4.29. The van der Waals surface area contributed by atoms with Gasteiger partial charge < -0.3 is 9.50 Å². The van der Waals surface area contributed by atoms with Gasteiger partial charge in [0.2, 0.25) is 0 Å². The van der Waals surface area contributed by atoms with Gasteiger partial charge in [-0.1, -0.05) is 36.4 Å². The molecule has 0 aromatic heterocycles. The predicted molar refractivity (Wildman–Crippen MR) is 110 cm³/mol. The zero-order valence-corrected chi connectivity index (χ0v) is 16.7. The standard InChI is InChI=1S/C21H18N2O6S/c1-15(16-6-3-2-4-7-16)22-21(24)17-10-12-19(13-11-17)29-30(27,28)20-9-5-8-18(14-20)23(25)26/h2-15H,1H3,(H,22,24). The largest absolute Gasteiger partial charge is 0.379 e. The maximum Gasteiger partial charge on any atom is 0.339 e. The number of hydrogen-bond donors (Lipinski definition) is 1. The van der Waals surface area contributed by atoms with Crippen LogP contribution in [0, 0.1) is 10.1 Å². The van der Waals surface area contributed by atoms with Gasteiger partial charge in [0.15, 0.2) is 0 Å². The number of non-ortho nitro benzene ring substituents is 1. The second-order valence-electron chi connectivity index (χ2n) is 6.42. The highest BCUT2D eigenvalue weighted by Gasteiger charge is 2.20. The van der Waals surface area contributed by atoms with Crippen molar-refractivity contribution in [1.29, 1.82) is 0 Å². The van der Waals surface area contributed by atoms with E-state index >= 15 is 0 Å². The molecule has 0 bridgehead atoms. The van der Waals surface area contributed by atoms with Crippen LogP contribution in [-0.2, 0) is 10.1 Å². The zero-order chi connectivity index (χ0) is 21.7. The predicted octanol–water partition coefficient (Wildman–Crippen LogP) is 3.85. The van der Waals surface area contributed by atoms with Crippen LogP contribution in [0.25, 0.3) is 0 Å². The van der Waals surface area contributed by atoms with E-state index < -0.39 is 15.0 Å². The number of rotatable bonds is 7. The molecule has 1 atom stereocenters. The van der Waals surface area contributed by atoms with Crippen LogP contribution in [0.4, 0.5) is 5.69 Å². The summed E-state index contributed by atoms with van der Waals surface area (Å²) in [5, 5.41) is 13.7. The molecule has 0 saturated heterocycles. The smallest absolute Gasteiger partial charge is 0.339 e. The fraction of sp³-hybridized carbons (Fsp3) is 0.0952. The molecule has 0 aliphatic heterocycles. The molecule has 1 N–H and O–H groups in total. The Morgan fingerprint density at radius 1 is 1.00 bits per heavy atom. The van der Waals surface area contributed by atoms with Gasteiger partial charge in [-0.25, -0.2) is 0 Å². The van der Waals surface area contributed by atoms with Crippen LogP contribution in [0.1, 0.15) is 28.9 Å². The molecule has 0 aliphatic carbocycles. The van der Waals surface area contributed by atoms with Crippen molar-refractivity contribution >= 4 is 21.7 Å². The Hall–Kier alpha value is -3.72. The van der Waals surface area contributed by atoms with E-state index in [1.807, 2.05) is 37.3 Å². The molecule has 3 aromatic carbocycles. The summed E-state index contributed by atoms with van der Waals surface area (Å²) < 4.78 is 29.8. The maximum absolute atomic E-state index is 12.4. The van der Waals surface area contributed by atoms with Gasteiger partial charge in [-0.3, -0.25) is 14.9 Å². The molecule has 3 rings (SSSR count). The van der Waals surface area contributed by atoms with Crippen molar-refractivity contribution in [3.63, 3.8) is 0 Å². The molecule has 1 amide bonds. The van der Waals surface area contributed by atoms with Crippen molar-refractivity contribution in [1.82, 2.24) is 5.32 Å². The number of amides is 1. The van der Waals surface area contributed by atoms with E-state index in [1.165, 1.54) is 42.5 Å². The van der Waals surface area contributed by atoms with Gasteiger partial charge in [-0.05, 0) is 42.8 Å². The molecular weight excluding hydrogens is 408 g/mol. The number of carbonyl (C=O) groups excluding carboxylic acids is 1. The lowest BCUT2D eigenvalue weighted by Gasteiger charge is -2.14. The highest BCUT2D eigenvalue weighted by molar-refractivity contribution is 7.87. The number of nitrogens with zero attached hydrogens (tertiary/aromatic N) is 1. The van der Waals surface area contributed by atoms with Crippen LogP contribution in [0.5, 0.6) is 5.75 Å². The Labute approximate surface area is 173 Å². The lowest BCUT2D eigenvalue weighted by atomic mass is 10.1. The molecule has 0 spiro atoms. The average molecular weight is 426 g/mol. The van der Waals surface area contributed by atoms with Crippen LogP contribution in [-0.4, -0.2) is 19.2 Å². The molecule has 30 heavy (non-hydrogen) atoms. The van der Waals surface area contributed by atoms with Crippen LogP contribution in [0.2, 0.25) is 0 Å². The number of carbonyl (C=O) groups is 1. The van der Waals surface area contributed by atoms with E-state index in [9.17, 15) is 23.3 Å². The summed E-state index contributed by atoms with van der Waals surface area (Å²) in [6.07, 6.45) is 0. The first-order valence-corrected chi connectivity index (χ1v) is 10.3. The first-order chi connectivity index (χ1) is 14.3. The molecule has 0 radical (unpaired) electrons. The Bertz CT molecular complexity index is 1160. The quantitative estimate of drug-likeness (QED) is 0.348. The number of nitrogens with one attached hydrogen (secondary N) is 1. The van der Waals surface area contributed by atoms with E-state index in [0.29, 0.717) is 5.56 Å². The summed E-state index contributed by atoms with van der Waals surface area (Å²) in [5.41, 5.74) is 0.922. The molecule has 3 aromatic rings. The lowest BCUT2D eigenvalue weighted by Crippen LogP contribution is -2.26. The average Bonchev–Trinajstić information content (AvgIpc) is 2.74. The Balaban J connectivity index is 1.70. The second kappa shape index (κ2) is 8.75. The molecule has 8 nitrogen and oxygen atoms in total. The summed E-state index contributed by atoms with van der Waals surface area (Å²) in [6.45, 7) is 1.86. The van der Waals surface area contributed by atoms with E-state index in [2.05, 4.69) is 5.32 Å². The Kier molecular flexibility index (Phi) is 6.12. The van der Waals surface area contributed by atoms with Crippen LogP contribution >= 0.6 is 0 Å². The van der Waals surface area contributed by atoms with Crippen molar-refractivity contribution in [3.8, 4) is 5.75 Å². The number of nitro groups is 1. The van der Waals surface area contributed by atoms with Gasteiger partial charge in [0, 0.05) is 17.7 Å². The molecule has 1 unspecified atom stereocenters. The van der Waals surface area contributed by atoms with Crippen LogP contribution in [0.15, 0.2) is 83.8 Å². The fourth-order valence-electron chi connectivity index (χ4n) is 2.69. The first-order valence-electron chi connectivity index (χ1n) is 8.91. The van der Waals surface area contributed by atoms with Crippen molar-refractivity contribution in [2.75, 3.05) is 0 Å². The van der Waals surface area contributed by atoms with Gasteiger partial charge in [-0.2, -0.15) is 8.42 Å².